The van der Waals surface area contributed by atoms with E-state index in [9.17, 15) is 14.7 Å². The zero-order chi connectivity index (χ0) is 18.0. The lowest BCUT2D eigenvalue weighted by atomic mass is 9.92. The van der Waals surface area contributed by atoms with Crippen LogP contribution in [0, 0.1) is 13.8 Å². The van der Waals surface area contributed by atoms with Gasteiger partial charge in [0, 0.05) is 17.1 Å². The first-order valence-electron chi connectivity index (χ1n) is 8.33. The van der Waals surface area contributed by atoms with Crippen LogP contribution in [-0.4, -0.2) is 38.6 Å². The van der Waals surface area contributed by atoms with Crippen LogP contribution in [0.2, 0.25) is 0 Å². The summed E-state index contributed by atoms with van der Waals surface area (Å²) in [5.74, 6) is 0.230. The molecule has 1 amide bonds. The molecule has 3 rings (SSSR count). The summed E-state index contributed by atoms with van der Waals surface area (Å²) >= 11 is 1.73. The molecule has 0 unspecified atom stereocenters. The van der Waals surface area contributed by atoms with E-state index in [0.717, 1.165) is 28.6 Å². The number of nitrogens with zero attached hydrogens (tertiary/aromatic N) is 1. The average Bonchev–Trinajstić information content (AvgIpc) is 2.91. The van der Waals surface area contributed by atoms with Crippen molar-refractivity contribution in [2.75, 3.05) is 11.5 Å². The Kier molecular flexibility index (Phi) is 4.90. The molecule has 2 heterocycles. The van der Waals surface area contributed by atoms with E-state index in [1.165, 1.54) is 0 Å². The van der Waals surface area contributed by atoms with Crippen molar-refractivity contribution in [2.45, 2.75) is 32.2 Å². The lowest BCUT2D eigenvalue weighted by molar-refractivity contribution is -0.144. The van der Waals surface area contributed by atoms with E-state index in [0.29, 0.717) is 18.4 Å². The van der Waals surface area contributed by atoms with Gasteiger partial charge in [0.2, 0.25) is 0 Å². The summed E-state index contributed by atoms with van der Waals surface area (Å²) in [7, 11) is 0. The lowest BCUT2D eigenvalue weighted by Crippen LogP contribution is -2.56. The topological polar surface area (TPSA) is 71.3 Å². The van der Waals surface area contributed by atoms with E-state index in [-0.39, 0.29) is 5.91 Å². The number of carboxylic acid groups (broad SMARTS) is 1. The van der Waals surface area contributed by atoms with Crippen LogP contribution in [0.15, 0.2) is 36.4 Å². The number of para-hydroxylation sites is 1. The summed E-state index contributed by atoms with van der Waals surface area (Å²) in [6.45, 7) is 3.83. The third-order valence-corrected chi connectivity index (χ3v) is 5.78. The molecule has 0 saturated carbocycles. The summed E-state index contributed by atoms with van der Waals surface area (Å²) in [5, 5.41) is 12.5. The second-order valence-corrected chi connectivity index (χ2v) is 7.63. The SMILES string of the molecule is Cc1cc(C(=O)NC2(C(=O)O)CCSCC2)c(C)n1-c1ccccc1. The molecule has 1 aromatic heterocycles. The smallest absolute Gasteiger partial charge is 0.329 e. The molecule has 0 atom stereocenters. The summed E-state index contributed by atoms with van der Waals surface area (Å²) in [4.78, 5) is 24.6. The van der Waals surface area contributed by atoms with Crippen molar-refractivity contribution >= 4 is 23.6 Å². The maximum absolute atomic E-state index is 12.8. The minimum atomic E-state index is -1.16. The van der Waals surface area contributed by atoms with E-state index in [1.807, 2.05) is 54.8 Å². The Balaban J connectivity index is 1.92. The van der Waals surface area contributed by atoms with Crippen molar-refractivity contribution in [1.82, 2.24) is 9.88 Å². The molecule has 5 nitrogen and oxygen atoms in total. The largest absolute Gasteiger partial charge is 0.480 e. The number of hydrogen-bond acceptors (Lipinski definition) is 3. The van der Waals surface area contributed by atoms with Crippen molar-refractivity contribution in [1.29, 1.82) is 0 Å². The number of thioether (sulfide) groups is 1. The molecule has 132 valence electrons. The summed E-state index contributed by atoms with van der Waals surface area (Å²) in [6.07, 6.45) is 0.909. The monoisotopic (exact) mass is 358 g/mol. The van der Waals surface area contributed by atoms with E-state index in [1.54, 1.807) is 11.8 Å². The minimum Gasteiger partial charge on any atom is -0.480 e. The fourth-order valence-corrected chi connectivity index (χ4v) is 4.55. The van der Waals surface area contributed by atoms with Gasteiger partial charge in [0.05, 0.1) is 5.56 Å². The molecule has 6 heteroatoms. The van der Waals surface area contributed by atoms with Gasteiger partial charge in [-0.3, -0.25) is 4.79 Å². The first-order chi connectivity index (χ1) is 11.9. The summed E-state index contributed by atoms with van der Waals surface area (Å²) in [5.41, 5.74) is 2.11. The predicted octanol–water partition coefficient (Wildman–Crippen LogP) is 3.17. The normalized spacial score (nSPS) is 16.4. The van der Waals surface area contributed by atoms with Gasteiger partial charge in [-0.15, -0.1) is 0 Å². The van der Waals surface area contributed by atoms with Gasteiger partial charge >= 0.3 is 5.97 Å². The zero-order valence-corrected chi connectivity index (χ0v) is 15.2. The molecule has 0 spiro atoms. The third kappa shape index (κ3) is 3.31. The maximum atomic E-state index is 12.8. The summed E-state index contributed by atoms with van der Waals surface area (Å²) < 4.78 is 2.01. The highest BCUT2D eigenvalue weighted by molar-refractivity contribution is 7.99. The number of aryl methyl sites for hydroxylation is 1. The maximum Gasteiger partial charge on any atom is 0.329 e. The number of aliphatic carboxylic acids is 1. The Hall–Kier alpha value is -2.21. The van der Waals surface area contributed by atoms with E-state index in [2.05, 4.69) is 5.32 Å². The molecule has 1 aliphatic rings. The second-order valence-electron chi connectivity index (χ2n) is 6.41. The molecule has 0 bridgehead atoms. The number of rotatable bonds is 4. The van der Waals surface area contributed by atoms with E-state index >= 15 is 0 Å². The van der Waals surface area contributed by atoms with Crippen LogP contribution in [0.3, 0.4) is 0 Å². The number of nitrogens with one attached hydrogen (secondary N) is 1. The molecular weight excluding hydrogens is 336 g/mol. The second kappa shape index (κ2) is 6.96. The van der Waals surface area contributed by atoms with Crippen LogP contribution < -0.4 is 5.32 Å². The summed E-state index contributed by atoms with van der Waals surface area (Å²) in [6, 6.07) is 11.6. The molecule has 1 fully saturated rings. The molecule has 25 heavy (non-hydrogen) atoms. The Morgan fingerprint density at radius 2 is 1.80 bits per heavy atom. The minimum absolute atomic E-state index is 0.315. The van der Waals surface area contributed by atoms with Crippen molar-refractivity contribution < 1.29 is 14.7 Å². The van der Waals surface area contributed by atoms with Crippen molar-refractivity contribution in [2.24, 2.45) is 0 Å². The zero-order valence-electron chi connectivity index (χ0n) is 14.4. The number of benzene rings is 1. The van der Waals surface area contributed by atoms with Crippen LogP contribution in [-0.2, 0) is 4.79 Å². The van der Waals surface area contributed by atoms with Crippen molar-refractivity contribution in [3.63, 3.8) is 0 Å². The standard InChI is InChI=1S/C19H22N2O3S/c1-13-12-16(14(2)21(13)15-6-4-3-5-7-15)17(22)20-19(18(23)24)8-10-25-11-9-19/h3-7,12H,8-11H2,1-2H3,(H,20,22)(H,23,24). The number of carbonyl (C=O) groups excluding carboxylic acids is 1. The molecule has 2 aromatic rings. The Morgan fingerprint density at radius 3 is 2.40 bits per heavy atom. The fourth-order valence-electron chi connectivity index (χ4n) is 3.36. The molecular formula is C19H22N2O3S. The first kappa shape index (κ1) is 17.6. The van der Waals surface area contributed by atoms with Crippen molar-refractivity contribution in [3.05, 3.63) is 53.3 Å². The van der Waals surface area contributed by atoms with Gasteiger partial charge in [-0.2, -0.15) is 11.8 Å². The van der Waals surface area contributed by atoms with Gasteiger partial charge in [-0.25, -0.2) is 4.79 Å². The number of hydrogen-bond donors (Lipinski definition) is 2. The molecule has 0 radical (unpaired) electrons. The van der Waals surface area contributed by atoms with E-state index in [4.69, 9.17) is 0 Å². The number of amides is 1. The van der Waals surface area contributed by atoms with Gasteiger partial charge in [-0.05, 0) is 56.4 Å². The lowest BCUT2D eigenvalue weighted by Gasteiger charge is -2.33. The molecule has 2 N–H and O–H groups in total. The Morgan fingerprint density at radius 1 is 1.16 bits per heavy atom. The predicted molar refractivity (Wildman–Crippen MR) is 99.6 cm³/mol. The molecule has 1 aromatic carbocycles. The van der Waals surface area contributed by atoms with E-state index < -0.39 is 11.5 Å². The average molecular weight is 358 g/mol. The number of carbonyl (C=O) groups is 2. The molecule has 0 aliphatic carbocycles. The highest BCUT2D eigenvalue weighted by Crippen LogP contribution is 2.29. The van der Waals surface area contributed by atoms with Gasteiger partial charge < -0.3 is 15.0 Å². The van der Waals surface area contributed by atoms with Crippen LogP contribution in [0.1, 0.15) is 34.6 Å². The van der Waals surface area contributed by atoms with Crippen LogP contribution in [0.4, 0.5) is 0 Å². The van der Waals surface area contributed by atoms with Gasteiger partial charge in [-0.1, -0.05) is 18.2 Å². The van der Waals surface area contributed by atoms with Crippen LogP contribution in [0.25, 0.3) is 5.69 Å². The third-order valence-electron chi connectivity index (χ3n) is 4.80. The van der Waals surface area contributed by atoms with Crippen LogP contribution >= 0.6 is 11.8 Å². The Bertz CT molecular complexity index is 793. The quantitative estimate of drug-likeness (QED) is 0.881. The molecule has 1 aliphatic heterocycles. The molecule has 1 saturated heterocycles. The number of carboxylic acids is 1. The fraction of sp³-hybridized carbons (Fsp3) is 0.368. The van der Waals surface area contributed by atoms with Gasteiger partial charge in [0.15, 0.2) is 0 Å². The highest BCUT2D eigenvalue weighted by atomic mass is 32.2. The van der Waals surface area contributed by atoms with Gasteiger partial charge in [0.25, 0.3) is 5.91 Å². The first-order valence-corrected chi connectivity index (χ1v) is 9.48. The number of aromatic nitrogens is 1. The van der Waals surface area contributed by atoms with Gasteiger partial charge in [0.1, 0.15) is 5.54 Å². The van der Waals surface area contributed by atoms with Crippen LogP contribution in [0.5, 0.6) is 0 Å². The highest BCUT2D eigenvalue weighted by Gasteiger charge is 2.41. The Labute approximate surface area is 151 Å². The van der Waals surface area contributed by atoms with Crippen molar-refractivity contribution in [3.8, 4) is 5.69 Å².